The van der Waals surface area contributed by atoms with Crippen LogP contribution >= 0.6 is 0 Å². The molecule has 3 rings (SSSR count). The predicted octanol–water partition coefficient (Wildman–Crippen LogP) is 2.45. The summed E-state index contributed by atoms with van der Waals surface area (Å²) in [5, 5.41) is 7.79. The number of halogens is 1. The number of fused-ring (bicyclic) bond motifs is 1. The van der Waals surface area contributed by atoms with E-state index in [4.69, 9.17) is 0 Å². The first-order valence-corrected chi connectivity index (χ1v) is 8.09. The van der Waals surface area contributed by atoms with Gasteiger partial charge in [0.15, 0.2) is 5.65 Å². The molecule has 25 heavy (non-hydrogen) atoms. The van der Waals surface area contributed by atoms with Crippen molar-refractivity contribution in [2.45, 2.75) is 20.4 Å². The number of hydrogen-bond acceptors (Lipinski definition) is 5. The first kappa shape index (κ1) is 16.8. The molecule has 0 unspecified atom stereocenters. The second-order valence-electron chi connectivity index (χ2n) is 5.46. The molecule has 1 amide bonds. The molecule has 130 valence electrons. The number of carbonyl (C=O) groups is 1. The number of rotatable bonds is 6. The van der Waals surface area contributed by atoms with Gasteiger partial charge in [0.25, 0.3) is 0 Å². The lowest BCUT2D eigenvalue weighted by Gasteiger charge is -2.19. The molecular formula is C17H19FN6O. The number of anilines is 2. The van der Waals surface area contributed by atoms with Crippen LogP contribution in [-0.4, -0.2) is 38.7 Å². The van der Waals surface area contributed by atoms with Gasteiger partial charge in [-0.25, -0.2) is 19.0 Å². The third-order valence-electron chi connectivity index (χ3n) is 3.90. The largest absolute Gasteiger partial charge is 0.356 e. The zero-order valence-electron chi connectivity index (χ0n) is 14.1. The van der Waals surface area contributed by atoms with Crippen LogP contribution in [0.1, 0.15) is 13.8 Å². The monoisotopic (exact) mass is 342 g/mol. The fourth-order valence-corrected chi connectivity index (χ4v) is 2.64. The van der Waals surface area contributed by atoms with Crippen molar-refractivity contribution < 1.29 is 9.18 Å². The molecule has 0 radical (unpaired) electrons. The van der Waals surface area contributed by atoms with E-state index in [1.807, 2.05) is 0 Å². The molecular weight excluding hydrogens is 323 g/mol. The Morgan fingerprint density at radius 2 is 1.92 bits per heavy atom. The van der Waals surface area contributed by atoms with Gasteiger partial charge >= 0.3 is 0 Å². The highest BCUT2D eigenvalue weighted by Gasteiger charge is 2.15. The van der Waals surface area contributed by atoms with E-state index in [1.54, 1.807) is 6.20 Å². The van der Waals surface area contributed by atoms with E-state index in [0.717, 1.165) is 24.3 Å². The molecule has 0 aliphatic carbocycles. The molecule has 0 saturated carbocycles. The van der Waals surface area contributed by atoms with Crippen LogP contribution < -0.4 is 10.2 Å². The van der Waals surface area contributed by atoms with E-state index in [0.29, 0.717) is 11.3 Å². The maximum absolute atomic E-state index is 12.9. The van der Waals surface area contributed by atoms with E-state index in [9.17, 15) is 9.18 Å². The maximum atomic E-state index is 12.9. The summed E-state index contributed by atoms with van der Waals surface area (Å²) >= 11 is 0. The second-order valence-corrected chi connectivity index (χ2v) is 5.46. The van der Waals surface area contributed by atoms with Gasteiger partial charge in [-0.3, -0.25) is 4.79 Å². The Morgan fingerprint density at radius 1 is 1.20 bits per heavy atom. The third-order valence-corrected chi connectivity index (χ3v) is 3.90. The smallest absolute Gasteiger partial charge is 0.246 e. The van der Waals surface area contributed by atoms with Crippen LogP contribution in [0.3, 0.4) is 0 Å². The SMILES string of the molecule is CCN(CC)c1ncnc2c1cnn2CC(=O)Nc1ccc(F)cc1. The topological polar surface area (TPSA) is 75.9 Å². The third kappa shape index (κ3) is 3.57. The Balaban J connectivity index is 1.81. The van der Waals surface area contributed by atoms with Crippen LogP contribution in [0.5, 0.6) is 0 Å². The Kier molecular flexibility index (Phi) is 4.87. The highest BCUT2D eigenvalue weighted by Crippen LogP contribution is 2.22. The number of amides is 1. The van der Waals surface area contributed by atoms with E-state index in [1.165, 1.54) is 35.3 Å². The standard InChI is InChI=1S/C17H19FN6O/c1-3-23(4-2)16-14-9-21-24(17(14)20-11-19-16)10-15(25)22-13-7-5-12(18)6-8-13/h5-9,11H,3-4,10H2,1-2H3,(H,22,25). The highest BCUT2D eigenvalue weighted by atomic mass is 19.1. The number of aromatic nitrogens is 4. The lowest BCUT2D eigenvalue weighted by molar-refractivity contribution is -0.116. The minimum Gasteiger partial charge on any atom is -0.356 e. The molecule has 1 N–H and O–H groups in total. The van der Waals surface area contributed by atoms with Gasteiger partial charge in [0.05, 0.1) is 11.6 Å². The first-order valence-electron chi connectivity index (χ1n) is 8.09. The van der Waals surface area contributed by atoms with E-state index in [-0.39, 0.29) is 18.3 Å². The molecule has 1 aromatic carbocycles. The normalized spacial score (nSPS) is 10.8. The van der Waals surface area contributed by atoms with Crippen molar-refractivity contribution in [1.82, 2.24) is 19.7 Å². The molecule has 0 aliphatic heterocycles. The van der Waals surface area contributed by atoms with Gasteiger partial charge < -0.3 is 10.2 Å². The number of hydrogen-bond donors (Lipinski definition) is 1. The van der Waals surface area contributed by atoms with Gasteiger partial charge in [-0.05, 0) is 38.1 Å². The summed E-state index contributed by atoms with van der Waals surface area (Å²) < 4.78 is 14.5. The van der Waals surface area contributed by atoms with E-state index < -0.39 is 0 Å². The molecule has 0 atom stereocenters. The maximum Gasteiger partial charge on any atom is 0.246 e. The molecule has 0 spiro atoms. The average Bonchev–Trinajstić information content (AvgIpc) is 3.02. The van der Waals surface area contributed by atoms with Crippen LogP contribution in [0.4, 0.5) is 15.9 Å². The molecule has 8 heteroatoms. The van der Waals surface area contributed by atoms with Gasteiger partial charge in [-0.15, -0.1) is 0 Å². The Bertz CT molecular complexity index is 872. The minimum atomic E-state index is -0.350. The van der Waals surface area contributed by atoms with Gasteiger partial charge in [0.2, 0.25) is 5.91 Å². The lowest BCUT2D eigenvalue weighted by atomic mass is 10.3. The van der Waals surface area contributed by atoms with Crippen molar-refractivity contribution in [3.63, 3.8) is 0 Å². The fourth-order valence-electron chi connectivity index (χ4n) is 2.64. The molecule has 3 aromatic rings. The number of benzene rings is 1. The zero-order chi connectivity index (χ0) is 17.8. The van der Waals surface area contributed by atoms with Crippen LogP contribution in [0.2, 0.25) is 0 Å². The molecule has 2 aromatic heterocycles. The molecule has 0 bridgehead atoms. The Morgan fingerprint density at radius 3 is 2.60 bits per heavy atom. The summed E-state index contributed by atoms with van der Waals surface area (Å²) in [6, 6.07) is 5.61. The molecule has 0 aliphatic rings. The minimum absolute atomic E-state index is 0.00950. The Hall–Kier alpha value is -3.03. The zero-order valence-corrected chi connectivity index (χ0v) is 14.1. The molecule has 7 nitrogen and oxygen atoms in total. The van der Waals surface area contributed by atoms with Crippen molar-refractivity contribution in [3.05, 3.63) is 42.6 Å². The molecule has 0 fully saturated rings. The molecule has 0 saturated heterocycles. The summed E-state index contributed by atoms with van der Waals surface area (Å²) in [5.41, 5.74) is 1.13. The number of carbonyl (C=O) groups excluding carboxylic acids is 1. The van der Waals surface area contributed by atoms with Crippen molar-refractivity contribution in [1.29, 1.82) is 0 Å². The Labute approximate surface area is 144 Å². The molecule has 2 heterocycles. The van der Waals surface area contributed by atoms with Crippen LogP contribution in [0.15, 0.2) is 36.8 Å². The van der Waals surface area contributed by atoms with Crippen molar-refractivity contribution in [2.75, 3.05) is 23.3 Å². The van der Waals surface area contributed by atoms with Crippen molar-refractivity contribution in [3.8, 4) is 0 Å². The fraction of sp³-hybridized carbons (Fsp3) is 0.294. The van der Waals surface area contributed by atoms with Crippen molar-refractivity contribution in [2.24, 2.45) is 0 Å². The van der Waals surface area contributed by atoms with Gasteiger partial charge in [-0.1, -0.05) is 0 Å². The summed E-state index contributed by atoms with van der Waals surface area (Å²) in [4.78, 5) is 22.9. The van der Waals surface area contributed by atoms with Gasteiger partial charge in [-0.2, -0.15) is 5.10 Å². The van der Waals surface area contributed by atoms with Crippen LogP contribution in [0.25, 0.3) is 11.0 Å². The van der Waals surface area contributed by atoms with Crippen LogP contribution in [0, 0.1) is 5.82 Å². The quantitative estimate of drug-likeness (QED) is 0.745. The van der Waals surface area contributed by atoms with Crippen LogP contribution in [-0.2, 0) is 11.3 Å². The second kappa shape index (κ2) is 7.25. The summed E-state index contributed by atoms with van der Waals surface area (Å²) in [5.74, 6) is 0.191. The average molecular weight is 342 g/mol. The highest BCUT2D eigenvalue weighted by molar-refractivity contribution is 5.92. The lowest BCUT2D eigenvalue weighted by Crippen LogP contribution is -2.23. The van der Waals surface area contributed by atoms with E-state index >= 15 is 0 Å². The first-order chi connectivity index (χ1) is 12.1. The summed E-state index contributed by atoms with van der Waals surface area (Å²) in [6.45, 7) is 5.75. The summed E-state index contributed by atoms with van der Waals surface area (Å²) in [6.07, 6.45) is 3.15. The summed E-state index contributed by atoms with van der Waals surface area (Å²) in [7, 11) is 0. The number of nitrogens with zero attached hydrogens (tertiary/aromatic N) is 5. The number of nitrogens with one attached hydrogen (secondary N) is 1. The van der Waals surface area contributed by atoms with Gasteiger partial charge in [0, 0.05) is 18.8 Å². The predicted molar refractivity (Wildman–Crippen MR) is 93.9 cm³/mol. The van der Waals surface area contributed by atoms with Crippen molar-refractivity contribution >= 4 is 28.4 Å². The van der Waals surface area contributed by atoms with Gasteiger partial charge in [0.1, 0.15) is 24.5 Å². The van der Waals surface area contributed by atoms with E-state index in [2.05, 4.69) is 39.1 Å².